The van der Waals surface area contributed by atoms with Crippen LogP contribution in [0.3, 0.4) is 0 Å². The summed E-state index contributed by atoms with van der Waals surface area (Å²) in [6.07, 6.45) is 0.667. The second-order valence-electron chi connectivity index (χ2n) is 5.43. The highest BCUT2D eigenvalue weighted by Gasteiger charge is 2.30. The zero-order valence-corrected chi connectivity index (χ0v) is 14.0. The number of nitrogens with one attached hydrogen (secondary N) is 1. The number of hydrogen-bond acceptors (Lipinski definition) is 5. The zero-order valence-electron chi connectivity index (χ0n) is 13.2. The predicted octanol–water partition coefficient (Wildman–Crippen LogP) is 2.30. The molecule has 1 aliphatic heterocycles. The maximum Gasteiger partial charge on any atom is 0.278 e. The number of amides is 1. The van der Waals surface area contributed by atoms with Crippen LogP contribution < -0.4 is 4.72 Å². The highest BCUT2D eigenvalue weighted by molar-refractivity contribution is 7.93. The maximum atomic E-state index is 12.1. The van der Waals surface area contributed by atoms with Gasteiger partial charge in [-0.25, -0.2) is 13.1 Å². The van der Waals surface area contributed by atoms with Crippen LogP contribution >= 0.6 is 0 Å². The van der Waals surface area contributed by atoms with Crippen molar-refractivity contribution < 1.29 is 18.0 Å². The smallest absolute Gasteiger partial charge is 0.278 e. The second-order valence-corrected chi connectivity index (χ2v) is 6.99. The van der Waals surface area contributed by atoms with Crippen LogP contribution in [0.1, 0.15) is 17.5 Å². The molecule has 2 aromatic carbocycles. The van der Waals surface area contributed by atoms with Crippen molar-refractivity contribution in [1.29, 1.82) is 0 Å². The minimum Gasteiger partial charge on any atom is -0.382 e. The van der Waals surface area contributed by atoms with Gasteiger partial charge in [-0.2, -0.15) is 0 Å². The first kappa shape index (κ1) is 16.9. The molecule has 6 nitrogen and oxygen atoms in total. The lowest BCUT2D eigenvalue weighted by Crippen LogP contribution is -2.37. The topological polar surface area (TPSA) is 84.8 Å². The number of carbonyl (C=O) groups is 1. The molecule has 1 atom stereocenters. The number of oxime groups is 1. The van der Waals surface area contributed by atoms with Crippen molar-refractivity contribution >= 4 is 27.7 Å². The molecular formula is C18H16N2O4S. The summed E-state index contributed by atoms with van der Waals surface area (Å²) in [6.45, 7) is 0. The van der Waals surface area contributed by atoms with Crippen molar-refractivity contribution in [1.82, 2.24) is 4.72 Å². The van der Waals surface area contributed by atoms with Crippen LogP contribution in [0.5, 0.6) is 0 Å². The first-order valence-electron chi connectivity index (χ1n) is 7.61. The van der Waals surface area contributed by atoms with Gasteiger partial charge in [0, 0.05) is 6.42 Å². The number of nitrogens with zero attached hydrogens (tertiary/aromatic N) is 1. The van der Waals surface area contributed by atoms with E-state index in [1.54, 1.807) is 24.3 Å². The molecule has 0 saturated heterocycles. The first-order valence-corrected chi connectivity index (χ1v) is 9.16. The molecule has 2 aromatic rings. The van der Waals surface area contributed by atoms with Crippen LogP contribution in [-0.2, 0) is 19.7 Å². The molecule has 0 spiro atoms. The van der Waals surface area contributed by atoms with Gasteiger partial charge in [0.1, 0.15) is 0 Å². The van der Waals surface area contributed by atoms with E-state index < -0.39 is 22.0 Å². The number of rotatable bonds is 5. The van der Waals surface area contributed by atoms with E-state index in [4.69, 9.17) is 4.84 Å². The number of carbonyl (C=O) groups excluding carboxylic acids is 1. The monoisotopic (exact) mass is 356 g/mol. The van der Waals surface area contributed by atoms with Gasteiger partial charge in [-0.3, -0.25) is 4.79 Å². The van der Waals surface area contributed by atoms with Crippen LogP contribution in [0, 0.1) is 0 Å². The number of benzene rings is 2. The minimum absolute atomic E-state index is 0.216. The van der Waals surface area contributed by atoms with Gasteiger partial charge in [-0.15, -0.1) is 0 Å². The third-order valence-corrected chi connectivity index (χ3v) is 4.53. The summed E-state index contributed by atoms with van der Waals surface area (Å²) in [4.78, 5) is 17.2. The quantitative estimate of drug-likeness (QED) is 0.891. The van der Waals surface area contributed by atoms with E-state index in [0.29, 0.717) is 11.3 Å². The SMILES string of the molecule is O=C(NS(=O)(=O)/C=C/c1ccccc1)C1CC(c2ccccc2)=NO1. The summed E-state index contributed by atoms with van der Waals surface area (Å²) in [5, 5.41) is 4.83. The van der Waals surface area contributed by atoms with Gasteiger partial charge in [0.2, 0.25) is 6.10 Å². The molecular weight excluding hydrogens is 340 g/mol. The fraction of sp³-hybridized carbons (Fsp3) is 0.111. The highest BCUT2D eigenvalue weighted by atomic mass is 32.2. The fourth-order valence-electron chi connectivity index (χ4n) is 2.29. The van der Waals surface area contributed by atoms with E-state index >= 15 is 0 Å². The molecule has 3 rings (SSSR count). The molecule has 25 heavy (non-hydrogen) atoms. The first-order chi connectivity index (χ1) is 12.0. The van der Waals surface area contributed by atoms with Crippen molar-refractivity contribution in [3.63, 3.8) is 0 Å². The summed E-state index contributed by atoms with van der Waals surface area (Å²) in [7, 11) is -3.91. The fourth-order valence-corrected chi connectivity index (χ4v) is 3.11. The molecule has 1 heterocycles. The van der Waals surface area contributed by atoms with Crippen LogP contribution in [0.15, 0.2) is 71.2 Å². The summed E-state index contributed by atoms with van der Waals surface area (Å²) >= 11 is 0. The molecule has 0 fully saturated rings. The van der Waals surface area contributed by atoms with Crippen molar-refractivity contribution in [2.45, 2.75) is 12.5 Å². The van der Waals surface area contributed by atoms with Gasteiger partial charge in [-0.05, 0) is 17.2 Å². The van der Waals surface area contributed by atoms with Gasteiger partial charge in [-0.1, -0.05) is 65.8 Å². The lowest BCUT2D eigenvalue weighted by molar-refractivity contribution is -0.129. The Hall–Kier alpha value is -2.93. The van der Waals surface area contributed by atoms with Crippen molar-refractivity contribution in [3.8, 4) is 0 Å². The van der Waals surface area contributed by atoms with E-state index in [1.165, 1.54) is 6.08 Å². The van der Waals surface area contributed by atoms with Crippen molar-refractivity contribution in [3.05, 3.63) is 77.2 Å². The maximum absolute atomic E-state index is 12.1. The Morgan fingerprint density at radius 2 is 1.72 bits per heavy atom. The van der Waals surface area contributed by atoms with E-state index in [2.05, 4.69) is 5.16 Å². The van der Waals surface area contributed by atoms with Crippen molar-refractivity contribution in [2.75, 3.05) is 0 Å². The second kappa shape index (κ2) is 7.31. The Kier molecular flexibility index (Phi) is 4.95. The Labute approximate surface area is 145 Å². The molecule has 0 radical (unpaired) electrons. The molecule has 1 aliphatic rings. The summed E-state index contributed by atoms with van der Waals surface area (Å²) < 4.78 is 26.0. The van der Waals surface area contributed by atoms with Crippen LogP contribution in [0.2, 0.25) is 0 Å². The normalized spacial score (nSPS) is 17.1. The van der Waals surface area contributed by atoms with E-state index in [9.17, 15) is 13.2 Å². The Balaban J connectivity index is 1.60. The van der Waals surface area contributed by atoms with E-state index in [1.807, 2.05) is 41.1 Å². The Morgan fingerprint density at radius 1 is 1.08 bits per heavy atom. The molecule has 7 heteroatoms. The molecule has 0 saturated carbocycles. The predicted molar refractivity (Wildman–Crippen MR) is 95.0 cm³/mol. The number of sulfonamides is 1. The highest BCUT2D eigenvalue weighted by Crippen LogP contribution is 2.17. The van der Waals surface area contributed by atoms with E-state index in [0.717, 1.165) is 11.0 Å². The Morgan fingerprint density at radius 3 is 2.40 bits per heavy atom. The summed E-state index contributed by atoms with van der Waals surface area (Å²) in [5.41, 5.74) is 2.16. The van der Waals surface area contributed by atoms with E-state index in [-0.39, 0.29) is 6.42 Å². The van der Waals surface area contributed by atoms with Gasteiger partial charge in [0.25, 0.3) is 15.9 Å². The lowest BCUT2D eigenvalue weighted by Gasteiger charge is -2.08. The van der Waals surface area contributed by atoms with Crippen LogP contribution in [0.25, 0.3) is 6.08 Å². The van der Waals surface area contributed by atoms with Crippen LogP contribution in [0.4, 0.5) is 0 Å². The molecule has 1 N–H and O–H groups in total. The number of hydrogen-bond donors (Lipinski definition) is 1. The largest absolute Gasteiger partial charge is 0.382 e. The third-order valence-electron chi connectivity index (χ3n) is 3.55. The molecule has 0 aliphatic carbocycles. The third kappa shape index (κ3) is 4.54. The van der Waals surface area contributed by atoms with Gasteiger partial charge in [0.05, 0.1) is 11.1 Å². The van der Waals surface area contributed by atoms with Gasteiger partial charge >= 0.3 is 0 Å². The lowest BCUT2D eigenvalue weighted by atomic mass is 10.1. The average molecular weight is 356 g/mol. The summed E-state index contributed by atoms with van der Waals surface area (Å²) in [5.74, 6) is -0.743. The molecule has 1 unspecified atom stereocenters. The Bertz CT molecular complexity index is 907. The standard InChI is InChI=1S/C18H16N2O4S/c21-18(17-13-16(19-24-17)15-9-5-2-6-10-15)20-25(22,23)12-11-14-7-3-1-4-8-14/h1-12,17H,13H2,(H,20,21)/b12-11+. The molecule has 1 amide bonds. The van der Waals surface area contributed by atoms with Crippen molar-refractivity contribution in [2.24, 2.45) is 5.16 Å². The average Bonchev–Trinajstić information content (AvgIpc) is 3.12. The molecule has 0 aromatic heterocycles. The van der Waals surface area contributed by atoms with Gasteiger partial charge < -0.3 is 4.84 Å². The van der Waals surface area contributed by atoms with Crippen LogP contribution in [-0.4, -0.2) is 26.1 Å². The minimum atomic E-state index is -3.91. The molecule has 128 valence electrons. The zero-order chi connectivity index (χ0) is 17.7. The van der Waals surface area contributed by atoms with Gasteiger partial charge in [0.15, 0.2) is 0 Å². The molecule has 0 bridgehead atoms. The summed E-state index contributed by atoms with van der Waals surface area (Å²) in [6, 6.07) is 18.2.